The normalized spacial score (nSPS) is 14.5. The number of carbonyl (C=O) groups is 1. The minimum Gasteiger partial charge on any atom is -0.497 e. The second-order valence-corrected chi connectivity index (χ2v) is 10.0. The summed E-state index contributed by atoms with van der Waals surface area (Å²) in [5.74, 6) is 1.12. The number of hydrogen-bond donors (Lipinski definition) is 1. The third-order valence-electron chi connectivity index (χ3n) is 6.49. The first-order chi connectivity index (χ1) is 19.9. The Kier molecular flexibility index (Phi) is 7.99. The van der Waals surface area contributed by atoms with Gasteiger partial charge in [0.25, 0.3) is 11.5 Å². The zero-order chi connectivity index (χ0) is 28.9. The van der Waals surface area contributed by atoms with E-state index >= 15 is 0 Å². The third-order valence-corrected chi connectivity index (χ3v) is 7.47. The predicted octanol–water partition coefficient (Wildman–Crippen LogP) is 3.79. The van der Waals surface area contributed by atoms with Crippen LogP contribution in [-0.2, 0) is 4.79 Å². The summed E-state index contributed by atoms with van der Waals surface area (Å²) in [6, 6.07) is 22.9. The zero-order valence-corrected chi connectivity index (χ0v) is 23.4. The first kappa shape index (κ1) is 27.4. The Hall–Kier alpha value is -5.14. The Morgan fingerprint density at radius 2 is 1.88 bits per heavy atom. The predicted molar refractivity (Wildman–Crippen MR) is 156 cm³/mol. The molecule has 10 heteroatoms. The number of fused-ring (bicyclic) bond motifs is 1. The molecule has 9 nitrogen and oxygen atoms in total. The monoisotopic (exact) mass is 566 g/mol. The maximum Gasteiger partial charge on any atom is 0.271 e. The number of benzene rings is 3. The van der Waals surface area contributed by atoms with Gasteiger partial charge < -0.3 is 19.5 Å². The summed E-state index contributed by atoms with van der Waals surface area (Å²) in [7, 11) is 3.07. The molecule has 0 radical (unpaired) electrons. The number of rotatable bonds is 8. The first-order valence-electron chi connectivity index (χ1n) is 12.6. The fourth-order valence-electron chi connectivity index (χ4n) is 4.61. The molecule has 1 amide bonds. The lowest BCUT2D eigenvalue weighted by Gasteiger charge is -2.25. The van der Waals surface area contributed by atoms with Gasteiger partial charge in [0.1, 0.15) is 11.8 Å². The van der Waals surface area contributed by atoms with Gasteiger partial charge in [-0.15, -0.1) is 0 Å². The number of nitrogens with zero attached hydrogens (tertiary/aromatic N) is 3. The molecule has 1 aliphatic rings. The summed E-state index contributed by atoms with van der Waals surface area (Å²) in [6.45, 7) is 1.66. The number of carbonyl (C=O) groups excluding carboxylic acids is 1. The molecule has 41 heavy (non-hydrogen) atoms. The molecular weight excluding hydrogens is 540 g/mol. The van der Waals surface area contributed by atoms with E-state index in [0.717, 1.165) is 0 Å². The van der Waals surface area contributed by atoms with Crippen molar-refractivity contribution < 1.29 is 19.0 Å². The van der Waals surface area contributed by atoms with Crippen LogP contribution in [0.1, 0.15) is 24.1 Å². The van der Waals surface area contributed by atoms with Gasteiger partial charge >= 0.3 is 0 Å². The Labute approximate surface area is 239 Å². The van der Waals surface area contributed by atoms with Crippen molar-refractivity contribution in [1.29, 1.82) is 5.26 Å². The lowest BCUT2D eigenvalue weighted by atomic mass is 9.95. The van der Waals surface area contributed by atoms with Crippen LogP contribution in [0.5, 0.6) is 17.2 Å². The molecule has 0 saturated carbocycles. The number of para-hydroxylation sites is 1. The maximum atomic E-state index is 14.0. The van der Waals surface area contributed by atoms with Gasteiger partial charge in [0.2, 0.25) is 0 Å². The molecule has 0 spiro atoms. The van der Waals surface area contributed by atoms with Crippen LogP contribution in [0, 0.1) is 11.3 Å². The maximum absolute atomic E-state index is 14.0. The standard InChI is InChI=1S/C31H26N4O5S/c1-19-27(29(36)34-22-9-5-4-6-10-22)28(21-8-7-11-23(18-21)38-2)35-30(37)26(41-31(35)33-19)17-20-12-13-24(40-15-14-32)25(16-20)39-3/h4-13,16-18,28H,15H2,1-3H3,(H,34,36)/b26-17-/t28-/m1/s1. The van der Waals surface area contributed by atoms with Gasteiger partial charge in [-0.1, -0.05) is 47.7 Å². The van der Waals surface area contributed by atoms with E-state index in [0.29, 0.717) is 54.7 Å². The van der Waals surface area contributed by atoms with Crippen molar-refractivity contribution in [3.05, 3.63) is 115 Å². The summed E-state index contributed by atoms with van der Waals surface area (Å²) >= 11 is 1.23. The molecule has 206 valence electrons. The van der Waals surface area contributed by atoms with Crippen LogP contribution < -0.4 is 34.4 Å². The number of ether oxygens (including phenoxy) is 3. The van der Waals surface area contributed by atoms with Crippen molar-refractivity contribution in [1.82, 2.24) is 4.57 Å². The molecule has 1 N–H and O–H groups in total. The molecule has 0 aliphatic carbocycles. The highest BCUT2D eigenvalue weighted by atomic mass is 32.1. The van der Waals surface area contributed by atoms with Crippen molar-refractivity contribution in [2.24, 2.45) is 4.99 Å². The van der Waals surface area contributed by atoms with E-state index in [-0.39, 0.29) is 18.1 Å². The van der Waals surface area contributed by atoms with Gasteiger partial charge in [-0.3, -0.25) is 14.2 Å². The molecule has 3 aromatic carbocycles. The number of aromatic nitrogens is 1. The van der Waals surface area contributed by atoms with E-state index < -0.39 is 6.04 Å². The molecule has 0 unspecified atom stereocenters. The largest absolute Gasteiger partial charge is 0.497 e. The summed E-state index contributed by atoms with van der Waals surface area (Å²) < 4.78 is 18.3. The molecule has 0 fully saturated rings. The van der Waals surface area contributed by atoms with E-state index in [4.69, 9.17) is 19.5 Å². The molecule has 0 saturated heterocycles. The lowest BCUT2D eigenvalue weighted by molar-refractivity contribution is -0.113. The highest BCUT2D eigenvalue weighted by molar-refractivity contribution is 7.07. The highest BCUT2D eigenvalue weighted by Crippen LogP contribution is 2.32. The summed E-state index contributed by atoms with van der Waals surface area (Å²) in [4.78, 5) is 32.8. The third kappa shape index (κ3) is 5.62. The second-order valence-electron chi connectivity index (χ2n) is 9.04. The minimum absolute atomic E-state index is 0.113. The average molecular weight is 567 g/mol. The zero-order valence-electron chi connectivity index (χ0n) is 22.6. The van der Waals surface area contributed by atoms with Crippen molar-refractivity contribution >= 4 is 29.0 Å². The van der Waals surface area contributed by atoms with Gasteiger partial charge in [-0.2, -0.15) is 5.26 Å². The highest BCUT2D eigenvalue weighted by Gasteiger charge is 2.32. The van der Waals surface area contributed by atoms with Gasteiger partial charge in [0.15, 0.2) is 22.9 Å². The Morgan fingerprint density at radius 3 is 2.61 bits per heavy atom. The van der Waals surface area contributed by atoms with Crippen LogP contribution in [0.25, 0.3) is 6.08 Å². The van der Waals surface area contributed by atoms with Crippen LogP contribution in [0.15, 0.2) is 93.9 Å². The minimum atomic E-state index is -0.733. The van der Waals surface area contributed by atoms with Gasteiger partial charge in [-0.25, -0.2) is 4.99 Å². The number of nitrogens with one attached hydrogen (secondary N) is 1. The summed E-state index contributed by atoms with van der Waals surface area (Å²) in [5, 5.41) is 11.8. The van der Waals surface area contributed by atoms with Crippen LogP contribution in [0.4, 0.5) is 5.69 Å². The molecule has 1 atom stereocenters. The van der Waals surface area contributed by atoms with E-state index in [1.165, 1.54) is 18.4 Å². The number of hydrogen-bond acceptors (Lipinski definition) is 8. The van der Waals surface area contributed by atoms with E-state index in [1.54, 1.807) is 55.0 Å². The van der Waals surface area contributed by atoms with Gasteiger partial charge in [0, 0.05) is 5.69 Å². The Balaban J connectivity index is 1.64. The molecule has 1 aliphatic heterocycles. The van der Waals surface area contributed by atoms with E-state index in [1.807, 2.05) is 48.5 Å². The smallest absolute Gasteiger partial charge is 0.271 e. The first-order valence-corrected chi connectivity index (χ1v) is 13.5. The van der Waals surface area contributed by atoms with Crippen molar-refractivity contribution in [3.8, 4) is 23.3 Å². The van der Waals surface area contributed by atoms with Gasteiger partial charge in [0.05, 0.1) is 36.1 Å². The fourth-order valence-corrected chi connectivity index (χ4v) is 5.66. The number of thiazole rings is 1. The van der Waals surface area contributed by atoms with Crippen LogP contribution >= 0.6 is 11.3 Å². The van der Waals surface area contributed by atoms with E-state index in [2.05, 4.69) is 10.3 Å². The molecule has 0 bridgehead atoms. The fraction of sp³-hybridized carbons (Fsp3) is 0.161. The quantitative estimate of drug-likeness (QED) is 0.347. The van der Waals surface area contributed by atoms with Crippen molar-refractivity contribution in [2.45, 2.75) is 13.0 Å². The Morgan fingerprint density at radius 1 is 1.07 bits per heavy atom. The van der Waals surface area contributed by atoms with Gasteiger partial charge in [-0.05, 0) is 60.5 Å². The lowest BCUT2D eigenvalue weighted by Crippen LogP contribution is -2.40. The number of amides is 1. The van der Waals surface area contributed by atoms with Crippen LogP contribution in [0.2, 0.25) is 0 Å². The number of anilines is 1. The molecule has 1 aromatic heterocycles. The van der Waals surface area contributed by atoms with E-state index in [9.17, 15) is 9.59 Å². The molecule has 2 heterocycles. The summed E-state index contributed by atoms with van der Waals surface area (Å²) in [5.41, 5.74) is 2.64. The topological polar surface area (TPSA) is 115 Å². The second kappa shape index (κ2) is 11.9. The Bertz CT molecular complexity index is 1870. The van der Waals surface area contributed by atoms with Crippen molar-refractivity contribution in [3.63, 3.8) is 0 Å². The SMILES string of the molecule is COc1cccc([C@@H]2C(C(=O)Nc3ccccc3)=C(C)N=c3s/c(=C\c4ccc(OCC#N)c(OC)c4)c(=O)n32)c1. The summed E-state index contributed by atoms with van der Waals surface area (Å²) in [6.07, 6.45) is 1.74. The average Bonchev–Trinajstić information content (AvgIpc) is 3.29. The van der Waals surface area contributed by atoms with Crippen LogP contribution in [0.3, 0.4) is 0 Å². The molecule has 4 aromatic rings. The van der Waals surface area contributed by atoms with Crippen LogP contribution in [-0.4, -0.2) is 31.3 Å². The number of allylic oxidation sites excluding steroid dienone is 1. The number of nitriles is 1. The number of methoxy groups -OCH3 is 2. The van der Waals surface area contributed by atoms with Crippen molar-refractivity contribution in [2.75, 3.05) is 26.1 Å². The molecule has 5 rings (SSSR count). The molecular formula is C31H26N4O5S.